The third-order valence-corrected chi connectivity index (χ3v) is 1.32. The first-order valence-electron chi connectivity index (χ1n) is 4.19. The van der Waals surface area contributed by atoms with Crippen LogP contribution in [0, 0.1) is 0 Å². The molecule has 0 heterocycles. The van der Waals surface area contributed by atoms with Gasteiger partial charge in [0.15, 0.2) is 0 Å². The quantitative estimate of drug-likeness (QED) is 0.422. The molecular weight excluding hydrogens is 383 g/mol. The fourth-order valence-corrected chi connectivity index (χ4v) is 0. The first kappa shape index (κ1) is 34.0. The Labute approximate surface area is 134 Å². The average molecular weight is 391 g/mol. The van der Waals surface area contributed by atoms with E-state index < -0.39 is 31.9 Å². The van der Waals surface area contributed by atoms with Crippen molar-refractivity contribution >= 4 is 50.7 Å². The first-order valence-corrected chi connectivity index (χ1v) is 5.63. The molecule has 3 nitrogen and oxygen atoms in total. The Bertz CT molecular complexity index is 354. The molecule has 0 radical (unpaired) electrons. The zero-order valence-corrected chi connectivity index (χ0v) is 11.0. The monoisotopic (exact) mass is 391 g/mol. The zero-order valence-electron chi connectivity index (χ0n) is 10.1. The maximum absolute atomic E-state index is 9.79. The van der Waals surface area contributed by atoms with E-state index >= 15 is 0 Å². The van der Waals surface area contributed by atoms with Gasteiger partial charge < -0.3 is 51.8 Å². The van der Waals surface area contributed by atoms with E-state index in [4.69, 9.17) is 4.55 Å². The summed E-state index contributed by atoms with van der Waals surface area (Å²) in [5.41, 5.74) is 0. The minimum atomic E-state index is -6.00. The molecule has 140 valence electrons. The van der Waals surface area contributed by atoms with E-state index in [9.17, 15) is 60.2 Å². The molecule has 23 heavy (non-hydrogen) atoms. The molecule has 0 atom stereocenters. The van der Waals surface area contributed by atoms with Gasteiger partial charge in [0.25, 0.3) is 10.1 Å². The van der Waals surface area contributed by atoms with Gasteiger partial charge in [-0.15, -0.1) is 0 Å². The summed E-state index contributed by atoms with van der Waals surface area (Å²) in [5, 5.41) is 0. The standard InChI is InChI=1S/C3H6O3S.3BF4.Li.H/c1-3(2)7(4,5)6;3*2-1(3,4)5;;/h1H2,2H3,(H,4,5,6);;;;;/q;3*-1;;. The predicted molar refractivity (Wildman–Crippen MR) is 64.1 cm³/mol. The summed E-state index contributed by atoms with van der Waals surface area (Å²) in [6.45, 7) is 4.21. The molecule has 20 heteroatoms. The van der Waals surface area contributed by atoms with Gasteiger partial charge in [-0.05, 0) is 6.92 Å². The van der Waals surface area contributed by atoms with Crippen molar-refractivity contribution in [2.45, 2.75) is 6.92 Å². The summed E-state index contributed by atoms with van der Waals surface area (Å²) in [6.07, 6.45) is 0. The van der Waals surface area contributed by atoms with Gasteiger partial charge in [0.2, 0.25) is 0 Å². The molecule has 0 aromatic heterocycles. The first-order chi connectivity index (χ1) is 8.94. The molecule has 0 saturated heterocycles. The fraction of sp³-hybridized carbons (Fsp3) is 0.333. The average Bonchev–Trinajstić information content (AvgIpc) is 1.89. The van der Waals surface area contributed by atoms with Gasteiger partial charge in [-0.3, -0.25) is 4.55 Å². The molecule has 0 aliphatic rings. The van der Waals surface area contributed by atoms with Crippen LogP contribution in [0.3, 0.4) is 0 Å². The molecule has 0 amide bonds. The van der Waals surface area contributed by atoms with Crippen LogP contribution in [0.2, 0.25) is 0 Å². The second-order valence-electron chi connectivity index (χ2n) is 2.66. The molecule has 0 saturated carbocycles. The third kappa shape index (κ3) is 264. The van der Waals surface area contributed by atoms with Crippen LogP contribution in [-0.2, 0) is 10.1 Å². The van der Waals surface area contributed by atoms with Gasteiger partial charge in [-0.2, -0.15) is 8.42 Å². The van der Waals surface area contributed by atoms with Crippen molar-refractivity contribution in [3.05, 3.63) is 11.5 Å². The van der Waals surface area contributed by atoms with Crippen LogP contribution in [-0.4, -0.2) is 53.6 Å². The van der Waals surface area contributed by atoms with Crippen molar-refractivity contribution in [1.29, 1.82) is 0 Å². The Kier molecular flexibility index (Phi) is 19.2. The molecule has 0 rings (SSSR count). The summed E-state index contributed by atoms with van der Waals surface area (Å²) in [7, 11) is -21.9. The van der Waals surface area contributed by atoms with Crippen molar-refractivity contribution < 1.29 is 64.8 Å². The molecule has 0 aromatic carbocycles. The Morgan fingerprint density at radius 3 is 0.783 bits per heavy atom. The van der Waals surface area contributed by atoms with Crippen molar-refractivity contribution in [1.82, 2.24) is 0 Å². The van der Waals surface area contributed by atoms with Gasteiger partial charge >= 0.3 is 40.6 Å². The van der Waals surface area contributed by atoms with Crippen molar-refractivity contribution in [3.8, 4) is 0 Å². The van der Waals surface area contributed by atoms with E-state index in [1.165, 1.54) is 6.92 Å². The van der Waals surface area contributed by atoms with E-state index in [0.717, 1.165) is 0 Å². The number of hydrogen-bond donors (Lipinski definition) is 1. The fourth-order valence-electron chi connectivity index (χ4n) is 0. The maximum atomic E-state index is 9.79. The Morgan fingerprint density at radius 2 is 0.783 bits per heavy atom. The van der Waals surface area contributed by atoms with Crippen LogP contribution in [0.4, 0.5) is 51.8 Å². The van der Waals surface area contributed by atoms with Crippen LogP contribution in [0.15, 0.2) is 11.5 Å². The second-order valence-corrected chi connectivity index (χ2v) is 4.31. The van der Waals surface area contributed by atoms with Crippen LogP contribution < -0.4 is 0 Å². The van der Waals surface area contributed by atoms with E-state index in [2.05, 4.69) is 6.58 Å². The van der Waals surface area contributed by atoms with Gasteiger partial charge in [0, 0.05) is 0 Å². The molecular formula is C3H7B3F12LiO3S-3. The molecule has 0 aromatic rings. The molecule has 0 aliphatic carbocycles. The third-order valence-electron chi connectivity index (χ3n) is 0.440. The van der Waals surface area contributed by atoms with E-state index in [-0.39, 0.29) is 23.8 Å². The molecule has 0 fully saturated rings. The van der Waals surface area contributed by atoms with Gasteiger partial charge in [-0.25, -0.2) is 0 Å². The molecule has 0 aliphatic heterocycles. The summed E-state index contributed by atoms with van der Waals surface area (Å²) in [5.74, 6) is 0. The van der Waals surface area contributed by atoms with Crippen LogP contribution >= 0.6 is 0 Å². The summed E-state index contributed by atoms with van der Waals surface area (Å²) >= 11 is 0. The van der Waals surface area contributed by atoms with E-state index in [0.29, 0.717) is 0 Å². The van der Waals surface area contributed by atoms with Crippen molar-refractivity contribution in [3.63, 3.8) is 0 Å². The van der Waals surface area contributed by atoms with E-state index in [1.807, 2.05) is 0 Å². The van der Waals surface area contributed by atoms with Crippen molar-refractivity contribution in [2.75, 3.05) is 0 Å². The Hall–Kier alpha value is -0.398. The molecule has 0 spiro atoms. The topological polar surface area (TPSA) is 54.4 Å². The normalized spacial score (nSPS) is 11.2. The van der Waals surface area contributed by atoms with Gasteiger partial charge in [0.05, 0.1) is 4.91 Å². The van der Waals surface area contributed by atoms with Gasteiger partial charge in [0.1, 0.15) is 0 Å². The summed E-state index contributed by atoms with van der Waals surface area (Å²) < 4.78 is 145. The van der Waals surface area contributed by atoms with Crippen molar-refractivity contribution in [2.24, 2.45) is 0 Å². The number of halogens is 12. The number of hydrogen-bond acceptors (Lipinski definition) is 2. The zero-order chi connectivity index (χ0) is 19.6. The van der Waals surface area contributed by atoms with E-state index in [1.54, 1.807) is 0 Å². The minimum absolute atomic E-state index is 0. The predicted octanol–water partition coefficient (Wildman–Crippen LogP) is 3.66. The second kappa shape index (κ2) is 13.0. The van der Waals surface area contributed by atoms with Gasteiger partial charge in [-0.1, -0.05) is 6.58 Å². The number of allylic oxidation sites excluding steroid dienone is 1. The molecule has 0 bridgehead atoms. The summed E-state index contributed by atoms with van der Waals surface area (Å²) in [4.78, 5) is -0.229. The Balaban J connectivity index is -0.0000000625. The van der Waals surface area contributed by atoms with Crippen LogP contribution in [0.25, 0.3) is 0 Å². The molecule has 1 N–H and O–H groups in total. The molecule has 0 unspecified atom stereocenters. The SMILES string of the molecule is C=C(C)S(=O)(=O)O.F[B-](F)(F)F.F[B-](F)(F)F.F[B-](F)(F)F.[LiH]. The summed E-state index contributed by atoms with van der Waals surface area (Å²) in [6, 6.07) is 0. The van der Waals surface area contributed by atoms with Crippen LogP contribution in [0.1, 0.15) is 6.92 Å². The Morgan fingerprint density at radius 1 is 0.739 bits per heavy atom. The van der Waals surface area contributed by atoms with Crippen LogP contribution in [0.5, 0.6) is 0 Å². The number of rotatable bonds is 1.